The van der Waals surface area contributed by atoms with Crippen LogP contribution in [0.1, 0.15) is 11.4 Å². The van der Waals surface area contributed by atoms with Crippen LogP contribution in [-0.4, -0.2) is 15.0 Å². The van der Waals surface area contributed by atoms with Gasteiger partial charge in [0.15, 0.2) is 12.2 Å². The lowest BCUT2D eigenvalue weighted by Gasteiger charge is -2.10. The summed E-state index contributed by atoms with van der Waals surface area (Å²) in [5.74, 6) is 0. The van der Waals surface area contributed by atoms with Crippen LogP contribution in [0.5, 0.6) is 0 Å². The molecule has 0 bridgehead atoms. The summed E-state index contributed by atoms with van der Waals surface area (Å²) >= 11 is 0. The van der Waals surface area contributed by atoms with Gasteiger partial charge in [0.25, 0.3) is 5.55 Å². The Labute approximate surface area is 126 Å². The molecule has 3 aromatic heterocycles. The van der Waals surface area contributed by atoms with Crippen LogP contribution in [0, 0.1) is 5.41 Å². The minimum absolute atomic E-state index is 0.0992. The van der Waals surface area contributed by atoms with Gasteiger partial charge in [-0.05, 0) is 6.07 Å². The van der Waals surface area contributed by atoms with Crippen LogP contribution >= 0.6 is 0 Å². The molecule has 7 nitrogen and oxygen atoms in total. The van der Waals surface area contributed by atoms with Gasteiger partial charge in [-0.3, -0.25) is 15.7 Å². The highest BCUT2D eigenvalue weighted by molar-refractivity contribution is 5.64. The molecule has 0 fully saturated rings. The number of alkyl halides is 3. The molecule has 0 saturated heterocycles. The van der Waals surface area contributed by atoms with Crippen molar-refractivity contribution in [2.24, 2.45) is 0 Å². The van der Waals surface area contributed by atoms with Crippen molar-refractivity contribution < 1.29 is 22.4 Å². The summed E-state index contributed by atoms with van der Waals surface area (Å²) in [7, 11) is 0. The van der Waals surface area contributed by atoms with Crippen LogP contribution in [0.3, 0.4) is 0 Å². The zero-order valence-electron chi connectivity index (χ0n) is 11.4. The standard InChI is InChI=1S/C13H9F3N6O/c14-13(15,16)12-10(4-18-7-20-12)8-1-2-9(19-3-8)5-22-6-11(17)23-21-22/h1-4,6-7,17H,5H2. The zero-order chi connectivity index (χ0) is 16.4. The van der Waals surface area contributed by atoms with E-state index < -0.39 is 11.9 Å². The molecular formula is C13H9F3N6O. The summed E-state index contributed by atoms with van der Waals surface area (Å²) in [5.41, 5.74) is -0.434. The summed E-state index contributed by atoms with van der Waals surface area (Å²) in [5, 5.41) is 10.8. The summed E-state index contributed by atoms with van der Waals surface area (Å²) in [6.45, 7) is 0.236. The second kappa shape index (κ2) is 5.63. The van der Waals surface area contributed by atoms with Crippen molar-refractivity contribution in [3.8, 4) is 11.1 Å². The molecule has 3 heterocycles. The maximum Gasteiger partial charge on any atom is 0.434 e. The second-order valence-corrected chi connectivity index (χ2v) is 4.58. The first kappa shape index (κ1) is 14.9. The van der Waals surface area contributed by atoms with Crippen molar-refractivity contribution in [2.75, 3.05) is 0 Å². The van der Waals surface area contributed by atoms with E-state index in [1.807, 2.05) is 0 Å². The van der Waals surface area contributed by atoms with E-state index in [9.17, 15) is 13.2 Å². The Morgan fingerprint density at radius 2 is 2.04 bits per heavy atom. The zero-order valence-corrected chi connectivity index (χ0v) is 11.4. The molecule has 0 aliphatic carbocycles. The Kier molecular flexibility index (Phi) is 3.64. The third-order valence-corrected chi connectivity index (χ3v) is 2.95. The van der Waals surface area contributed by atoms with Crippen LogP contribution in [0.15, 0.2) is 41.6 Å². The monoisotopic (exact) mass is 322 g/mol. The fraction of sp³-hybridized carbons (Fsp3) is 0.154. The highest BCUT2D eigenvalue weighted by Gasteiger charge is 2.35. The molecule has 118 valence electrons. The predicted octanol–water partition coefficient (Wildman–Crippen LogP) is 0.923. The lowest BCUT2D eigenvalue weighted by molar-refractivity contribution is -0.760. The lowest BCUT2D eigenvalue weighted by atomic mass is 10.1. The molecule has 0 aliphatic heterocycles. The molecule has 0 aromatic carbocycles. The lowest BCUT2D eigenvalue weighted by Crippen LogP contribution is -2.38. The van der Waals surface area contributed by atoms with Gasteiger partial charge in [-0.15, -0.1) is 0 Å². The molecule has 1 N–H and O–H groups in total. The summed E-state index contributed by atoms with van der Waals surface area (Å²) < 4.78 is 44.8. The summed E-state index contributed by atoms with van der Waals surface area (Å²) in [6.07, 6.45) is 0.0605. The van der Waals surface area contributed by atoms with E-state index in [1.54, 1.807) is 6.07 Å². The first-order valence-electron chi connectivity index (χ1n) is 6.34. The Morgan fingerprint density at radius 3 is 2.65 bits per heavy atom. The van der Waals surface area contributed by atoms with Crippen LogP contribution in [0.25, 0.3) is 11.1 Å². The normalized spacial score (nSPS) is 11.6. The van der Waals surface area contributed by atoms with E-state index in [-0.39, 0.29) is 23.2 Å². The van der Waals surface area contributed by atoms with Gasteiger partial charge in [0.1, 0.15) is 12.0 Å². The number of halogens is 3. The molecule has 0 saturated carbocycles. The number of aromatic nitrogens is 5. The van der Waals surface area contributed by atoms with Gasteiger partial charge in [-0.25, -0.2) is 14.6 Å². The number of hydrogen-bond donors (Lipinski definition) is 1. The minimum Gasteiger partial charge on any atom is -0.487 e. The molecule has 0 spiro atoms. The molecule has 3 rings (SSSR count). The SMILES string of the molecule is N=c1c[n+](Cc2ccc(-c3cncnc3C(F)(F)F)cn2)[n-]o1. The van der Waals surface area contributed by atoms with Crippen molar-refractivity contribution in [2.45, 2.75) is 12.7 Å². The van der Waals surface area contributed by atoms with Gasteiger partial charge in [0.05, 0.1) is 0 Å². The van der Waals surface area contributed by atoms with Gasteiger partial charge in [-0.2, -0.15) is 13.2 Å². The molecule has 10 heteroatoms. The topological polar surface area (TPSA) is 93.6 Å². The molecule has 3 aromatic rings. The number of pyridine rings is 1. The van der Waals surface area contributed by atoms with Gasteiger partial charge >= 0.3 is 6.18 Å². The number of nitrogens with one attached hydrogen (secondary N) is 1. The van der Waals surface area contributed by atoms with Crippen LogP contribution in [0.4, 0.5) is 13.2 Å². The molecule has 0 amide bonds. The number of hydrogen-bond acceptors (Lipinski definition) is 5. The van der Waals surface area contributed by atoms with Gasteiger partial charge in [0, 0.05) is 23.5 Å². The first-order valence-corrected chi connectivity index (χ1v) is 6.34. The third-order valence-electron chi connectivity index (χ3n) is 2.95. The average Bonchev–Trinajstić information content (AvgIpc) is 2.92. The van der Waals surface area contributed by atoms with Crippen LogP contribution in [0.2, 0.25) is 0 Å². The molecule has 23 heavy (non-hydrogen) atoms. The molecule has 0 radical (unpaired) electrons. The fourth-order valence-corrected chi connectivity index (χ4v) is 1.96. The van der Waals surface area contributed by atoms with E-state index >= 15 is 0 Å². The van der Waals surface area contributed by atoms with Crippen molar-refractivity contribution in [3.05, 3.63) is 54.0 Å². The minimum atomic E-state index is -4.57. The Bertz CT molecular complexity index is 868. The smallest absolute Gasteiger partial charge is 0.434 e. The van der Waals surface area contributed by atoms with E-state index in [1.165, 1.54) is 23.1 Å². The second-order valence-electron chi connectivity index (χ2n) is 4.58. The Hall–Kier alpha value is -3.04. The van der Waals surface area contributed by atoms with Crippen molar-refractivity contribution in [3.63, 3.8) is 0 Å². The van der Waals surface area contributed by atoms with E-state index in [4.69, 9.17) is 5.41 Å². The Balaban J connectivity index is 1.90. The highest BCUT2D eigenvalue weighted by Crippen LogP contribution is 2.34. The maximum absolute atomic E-state index is 13.0. The van der Waals surface area contributed by atoms with Crippen molar-refractivity contribution in [1.82, 2.24) is 20.2 Å². The van der Waals surface area contributed by atoms with E-state index in [0.29, 0.717) is 5.69 Å². The third kappa shape index (κ3) is 3.25. The summed E-state index contributed by atoms with van der Waals surface area (Å²) in [4.78, 5) is 11.0. The molecule has 0 aliphatic rings. The summed E-state index contributed by atoms with van der Waals surface area (Å²) in [6, 6.07) is 3.06. The van der Waals surface area contributed by atoms with Gasteiger partial charge in [-0.1, -0.05) is 6.07 Å². The first-order chi connectivity index (χ1) is 10.9. The average molecular weight is 322 g/mol. The Morgan fingerprint density at radius 1 is 1.22 bits per heavy atom. The van der Waals surface area contributed by atoms with Crippen LogP contribution < -0.4 is 15.5 Å². The highest BCUT2D eigenvalue weighted by atomic mass is 19.4. The van der Waals surface area contributed by atoms with Gasteiger partial charge < -0.3 is 4.52 Å². The van der Waals surface area contributed by atoms with Crippen LogP contribution in [-0.2, 0) is 12.7 Å². The number of rotatable bonds is 3. The van der Waals surface area contributed by atoms with E-state index in [2.05, 4.69) is 24.7 Å². The quantitative estimate of drug-likeness (QED) is 0.724. The van der Waals surface area contributed by atoms with Crippen molar-refractivity contribution >= 4 is 0 Å². The predicted molar refractivity (Wildman–Crippen MR) is 67.4 cm³/mol. The van der Waals surface area contributed by atoms with E-state index in [0.717, 1.165) is 12.5 Å². The molecule has 0 atom stereocenters. The largest absolute Gasteiger partial charge is 0.487 e. The molecule has 0 unspecified atom stereocenters. The molecular weight excluding hydrogens is 313 g/mol. The van der Waals surface area contributed by atoms with Gasteiger partial charge in [0.2, 0.25) is 6.20 Å². The maximum atomic E-state index is 13.0. The number of nitrogens with zero attached hydrogens (tertiary/aromatic N) is 5. The fourth-order valence-electron chi connectivity index (χ4n) is 1.96. The van der Waals surface area contributed by atoms with Crippen molar-refractivity contribution in [1.29, 1.82) is 5.41 Å².